The highest BCUT2D eigenvalue weighted by Gasteiger charge is 1.97. The second-order valence-electron chi connectivity index (χ2n) is 3.66. The maximum absolute atomic E-state index is 4.40. The number of rotatable bonds is 6. The van der Waals surface area contributed by atoms with Gasteiger partial charge in [-0.15, -0.1) is 11.3 Å². The first kappa shape index (κ1) is 11.3. The molecule has 0 radical (unpaired) electrons. The van der Waals surface area contributed by atoms with E-state index in [1.807, 2.05) is 30.1 Å². The Kier molecular flexibility index (Phi) is 4.07. The zero-order valence-corrected chi connectivity index (χ0v) is 10.2. The van der Waals surface area contributed by atoms with Crippen LogP contribution in [-0.2, 0) is 13.1 Å². The van der Waals surface area contributed by atoms with E-state index >= 15 is 0 Å². The number of nitrogens with one attached hydrogen (secondary N) is 1. The predicted octanol–water partition coefficient (Wildman–Crippen LogP) is 1.83. The van der Waals surface area contributed by atoms with Gasteiger partial charge in [0.05, 0.1) is 10.7 Å². The predicted molar refractivity (Wildman–Crippen MR) is 65.4 cm³/mol. The molecule has 0 bridgehead atoms. The average Bonchev–Trinajstić information content (AvgIpc) is 2.89. The van der Waals surface area contributed by atoms with Gasteiger partial charge in [0.2, 0.25) is 0 Å². The van der Waals surface area contributed by atoms with Crippen molar-refractivity contribution in [3.05, 3.63) is 34.5 Å². The lowest BCUT2D eigenvalue weighted by Gasteiger charge is -2.03. The largest absolute Gasteiger partial charge is 0.311 e. The SMILES string of the molecule is Cc1nc(CNCCCn2cccn2)cs1. The smallest absolute Gasteiger partial charge is 0.0897 e. The van der Waals surface area contributed by atoms with Crippen molar-refractivity contribution in [3.8, 4) is 0 Å². The summed E-state index contributed by atoms with van der Waals surface area (Å²) in [6, 6.07) is 1.95. The summed E-state index contributed by atoms with van der Waals surface area (Å²) in [4.78, 5) is 4.40. The highest BCUT2D eigenvalue weighted by atomic mass is 32.1. The summed E-state index contributed by atoms with van der Waals surface area (Å²) >= 11 is 1.70. The quantitative estimate of drug-likeness (QED) is 0.778. The molecule has 0 saturated carbocycles. The van der Waals surface area contributed by atoms with Crippen LogP contribution in [0.3, 0.4) is 0 Å². The topological polar surface area (TPSA) is 42.7 Å². The van der Waals surface area contributed by atoms with Gasteiger partial charge in [-0.05, 0) is 26.0 Å². The molecular weight excluding hydrogens is 220 g/mol. The molecule has 5 heteroatoms. The lowest BCUT2D eigenvalue weighted by Crippen LogP contribution is -2.16. The minimum Gasteiger partial charge on any atom is -0.311 e. The van der Waals surface area contributed by atoms with Crippen LogP contribution in [0.5, 0.6) is 0 Å². The van der Waals surface area contributed by atoms with Gasteiger partial charge < -0.3 is 5.32 Å². The van der Waals surface area contributed by atoms with Crippen LogP contribution in [0.15, 0.2) is 23.8 Å². The number of hydrogen-bond acceptors (Lipinski definition) is 4. The molecule has 0 aliphatic rings. The highest BCUT2D eigenvalue weighted by Crippen LogP contribution is 2.07. The molecule has 2 rings (SSSR count). The van der Waals surface area contributed by atoms with E-state index in [0.717, 1.165) is 36.8 Å². The molecule has 1 N–H and O–H groups in total. The van der Waals surface area contributed by atoms with Gasteiger partial charge in [0.15, 0.2) is 0 Å². The summed E-state index contributed by atoms with van der Waals surface area (Å²) < 4.78 is 1.95. The second-order valence-corrected chi connectivity index (χ2v) is 4.72. The number of aromatic nitrogens is 3. The van der Waals surface area contributed by atoms with Crippen molar-refractivity contribution in [2.45, 2.75) is 26.4 Å². The number of nitrogens with zero attached hydrogens (tertiary/aromatic N) is 3. The Labute approximate surface area is 99.3 Å². The molecule has 0 spiro atoms. The lowest BCUT2D eigenvalue weighted by molar-refractivity contribution is 0.541. The molecule has 16 heavy (non-hydrogen) atoms. The molecule has 0 fully saturated rings. The maximum atomic E-state index is 4.40. The van der Waals surface area contributed by atoms with Crippen LogP contribution in [0.1, 0.15) is 17.1 Å². The zero-order valence-electron chi connectivity index (χ0n) is 9.39. The second kappa shape index (κ2) is 5.77. The average molecular weight is 236 g/mol. The summed E-state index contributed by atoms with van der Waals surface area (Å²) in [6.07, 6.45) is 4.89. The molecule has 0 aliphatic carbocycles. The molecule has 0 aromatic carbocycles. The molecule has 0 amide bonds. The van der Waals surface area contributed by atoms with Gasteiger partial charge in [0.1, 0.15) is 0 Å². The van der Waals surface area contributed by atoms with Gasteiger partial charge in [-0.1, -0.05) is 0 Å². The summed E-state index contributed by atoms with van der Waals surface area (Å²) in [5.41, 5.74) is 1.14. The number of thiazole rings is 1. The van der Waals surface area contributed by atoms with E-state index < -0.39 is 0 Å². The van der Waals surface area contributed by atoms with Crippen molar-refractivity contribution in [2.75, 3.05) is 6.54 Å². The fourth-order valence-corrected chi connectivity index (χ4v) is 2.12. The third-order valence-electron chi connectivity index (χ3n) is 2.27. The van der Waals surface area contributed by atoms with Crippen LogP contribution in [0.4, 0.5) is 0 Å². The van der Waals surface area contributed by atoms with E-state index in [1.165, 1.54) is 0 Å². The van der Waals surface area contributed by atoms with Gasteiger partial charge in [-0.25, -0.2) is 4.98 Å². The number of aryl methyl sites for hydroxylation is 2. The normalized spacial score (nSPS) is 10.8. The van der Waals surface area contributed by atoms with E-state index in [0.29, 0.717) is 0 Å². The summed E-state index contributed by atoms with van der Waals surface area (Å²) in [5.74, 6) is 0. The van der Waals surface area contributed by atoms with Crippen LogP contribution >= 0.6 is 11.3 Å². The molecule has 2 aromatic rings. The summed E-state index contributed by atoms with van der Waals surface area (Å²) in [5, 5.41) is 10.8. The standard InChI is InChI=1S/C11H16N4S/c1-10-14-11(9-16-10)8-12-4-2-6-15-7-3-5-13-15/h3,5,7,9,12H,2,4,6,8H2,1H3. The fourth-order valence-electron chi connectivity index (χ4n) is 1.50. The minimum atomic E-state index is 0.865. The third-order valence-corrected chi connectivity index (χ3v) is 3.09. The van der Waals surface area contributed by atoms with E-state index in [2.05, 4.69) is 20.8 Å². The van der Waals surface area contributed by atoms with Gasteiger partial charge in [-0.2, -0.15) is 5.10 Å². The molecule has 0 saturated heterocycles. The highest BCUT2D eigenvalue weighted by molar-refractivity contribution is 7.09. The molecule has 86 valence electrons. The Morgan fingerprint density at radius 2 is 2.44 bits per heavy atom. The molecule has 2 aromatic heterocycles. The lowest BCUT2D eigenvalue weighted by atomic mass is 10.4. The zero-order chi connectivity index (χ0) is 11.2. The summed E-state index contributed by atoms with van der Waals surface area (Å²) in [7, 11) is 0. The Morgan fingerprint density at radius 1 is 1.50 bits per heavy atom. The first-order valence-electron chi connectivity index (χ1n) is 5.44. The number of hydrogen-bond donors (Lipinski definition) is 1. The third kappa shape index (κ3) is 3.43. The van der Waals surface area contributed by atoms with E-state index in [9.17, 15) is 0 Å². The Hall–Kier alpha value is -1.20. The van der Waals surface area contributed by atoms with Crippen molar-refractivity contribution < 1.29 is 0 Å². The van der Waals surface area contributed by atoms with Gasteiger partial charge >= 0.3 is 0 Å². The molecule has 0 atom stereocenters. The van der Waals surface area contributed by atoms with Crippen molar-refractivity contribution >= 4 is 11.3 Å². The molecular formula is C11H16N4S. The van der Waals surface area contributed by atoms with Crippen LogP contribution in [-0.4, -0.2) is 21.3 Å². The fraction of sp³-hybridized carbons (Fsp3) is 0.455. The van der Waals surface area contributed by atoms with Crippen LogP contribution < -0.4 is 5.32 Å². The Balaban J connectivity index is 1.59. The molecule has 0 aliphatic heterocycles. The Morgan fingerprint density at radius 3 is 3.12 bits per heavy atom. The van der Waals surface area contributed by atoms with Crippen molar-refractivity contribution in [2.24, 2.45) is 0 Å². The van der Waals surface area contributed by atoms with Crippen LogP contribution in [0.25, 0.3) is 0 Å². The van der Waals surface area contributed by atoms with E-state index in [-0.39, 0.29) is 0 Å². The van der Waals surface area contributed by atoms with Crippen molar-refractivity contribution in [1.29, 1.82) is 0 Å². The molecule has 2 heterocycles. The molecule has 0 unspecified atom stereocenters. The van der Waals surface area contributed by atoms with E-state index in [4.69, 9.17) is 0 Å². The van der Waals surface area contributed by atoms with Gasteiger partial charge in [0, 0.05) is 30.9 Å². The van der Waals surface area contributed by atoms with Gasteiger partial charge in [0.25, 0.3) is 0 Å². The van der Waals surface area contributed by atoms with Gasteiger partial charge in [-0.3, -0.25) is 4.68 Å². The van der Waals surface area contributed by atoms with Crippen molar-refractivity contribution in [3.63, 3.8) is 0 Å². The first-order chi connectivity index (χ1) is 7.84. The summed E-state index contributed by atoms with van der Waals surface area (Å²) in [6.45, 7) is 4.86. The minimum absolute atomic E-state index is 0.865. The van der Waals surface area contributed by atoms with E-state index in [1.54, 1.807) is 11.3 Å². The van der Waals surface area contributed by atoms with Crippen LogP contribution in [0.2, 0.25) is 0 Å². The Bertz CT molecular complexity index is 407. The monoisotopic (exact) mass is 236 g/mol. The van der Waals surface area contributed by atoms with Crippen LogP contribution in [0, 0.1) is 6.92 Å². The first-order valence-corrected chi connectivity index (χ1v) is 6.32. The van der Waals surface area contributed by atoms with Crippen molar-refractivity contribution in [1.82, 2.24) is 20.1 Å². The molecule has 4 nitrogen and oxygen atoms in total. The maximum Gasteiger partial charge on any atom is 0.0897 e.